The highest BCUT2D eigenvalue weighted by molar-refractivity contribution is 7.89. The maximum absolute atomic E-state index is 12.8. The molecule has 0 fully saturated rings. The Morgan fingerprint density at radius 2 is 1.78 bits per heavy atom. The van der Waals surface area contributed by atoms with Gasteiger partial charge in [-0.15, -0.1) is 0 Å². The summed E-state index contributed by atoms with van der Waals surface area (Å²) in [6, 6.07) is 10.5. The van der Waals surface area contributed by atoms with Gasteiger partial charge in [0.05, 0.1) is 5.56 Å². The number of aromatic nitrogens is 3. The summed E-state index contributed by atoms with van der Waals surface area (Å²) in [5.41, 5.74) is 1.51. The number of hydrogen-bond donors (Lipinski definition) is 2. The van der Waals surface area contributed by atoms with Gasteiger partial charge in [0.25, 0.3) is 5.56 Å². The van der Waals surface area contributed by atoms with Gasteiger partial charge in [0, 0.05) is 17.9 Å². The van der Waals surface area contributed by atoms with Crippen molar-refractivity contribution in [3.63, 3.8) is 0 Å². The van der Waals surface area contributed by atoms with Gasteiger partial charge in [0.1, 0.15) is 4.90 Å². The molecule has 0 atom stereocenters. The van der Waals surface area contributed by atoms with Crippen molar-refractivity contribution in [2.45, 2.75) is 38.1 Å². The van der Waals surface area contributed by atoms with Gasteiger partial charge < -0.3 is 0 Å². The van der Waals surface area contributed by atoms with Crippen molar-refractivity contribution in [2.24, 2.45) is 0 Å². The standard InChI is InChI=1S/C19H22N4O3S/c1-13-7-5-6-8-15(13)16-12-21-23(18(16)24)17-10-9-14(11-20-17)27(25,26)22-19(2,3)4/h5-12,21-22H,1-4H3. The zero-order valence-corrected chi connectivity index (χ0v) is 16.5. The van der Waals surface area contributed by atoms with Crippen LogP contribution in [0.2, 0.25) is 0 Å². The maximum atomic E-state index is 12.8. The third kappa shape index (κ3) is 4.01. The highest BCUT2D eigenvalue weighted by Crippen LogP contribution is 2.20. The summed E-state index contributed by atoms with van der Waals surface area (Å²) in [5, 5.41) is 2.89. The topological polar surface area (TPSA) is 96.8 Å². The quantitative estimate of drug-likeness (QED) is 0.720. The molecule has 0 aliphatic heterocycles. The smallest absolute Gasteiger partial charge is 0.280 e. The number of H-pyrrole nitrogens is 1. The molecular weight excluding hydrogens is 364 g/mol. The van der Waals surface area contributed by atoms with Gasteiger partial charge in [-0.25, -0.2) is 22.8 Å². The molecule has 3 aromatic rings. The molecule has 0 saturated carbocycles. The molecule has 0 aliphatic rings. The molecule has 2 N–H and O–H groups in total. The number of hydrogen-bond acceptors (Lipinski definition) is 4. The van der Waals surface area contributed by atoms with E-state index in [4.69, 9.17) is 0 Å². The van der Waals surface area contributed by atoms with E-state index in [9.17, 15) is 13.2 Å². The average Bonchev–Trinajstić information content (AvgIpc) is 2.95. The fourth-order valence-corrected chi connectivity index (χ4v) is 4.10. The minimum Gasteiger partial charge on any atom is -0.296 e. The molecule has 0 spiro atoms. The lowest BCUT2D eigenvalue weighted by molar-refractivity contribution is 0.491. The fraction of sp³-hybridized carbons (Fsp3) is 0.263. The Kier molecular flexibility index (Phi) is 4.79. The molecule has 7 nitrogen and oxygen atoms in total. The Hall–Kier alpha value is -2.71. The number of sulfonamides is 1. The monoisotopic (exact) mass is 386 g/mol. The van der Waals surface area contributed by atoms with Gasteiger partial charge in [0.2, 0.25) is 10.0 Å². The number of nitrogens with one attached hydrogen (secondary N) is 2. The number of pyridine rings is 1. The second-order valence-electron chi connectivity index (χ2n) is 7.35. The van der Waals surface area contributed by atoms with Crippen molar-refractivity contribution in [3.05, 3.63) is 64.7 Å². The third-order valence-corrected chi connectivity index (χ3v) is 5.65. The molecule has 0 aliphatic carbocycles. The van der Waals surface area contributed by atoms with Crippen LogP contribution in [0.15, 0.2) is 58.5 Å². The highest BCUT2D eigenvalue weighted by Gasteiger charge is 2.22. The highest BCUT2D eigenvalue weighted by atomic mass is 32.2. The largest absolute Gasteiger partial charge is 0.296 e. The lowest BCUT2D eigenvalue weighted by atomic mass is 10.0. The Balaban J connectivity index is 1.96. The lowest BCUT2D eigenvalue weighted by Crippen LogP contribution is -2.40. The van der Waals surface area contributed by atoms with Crippen LogP contribution in [0.25, 0.3) is 16.9 Å². The second kappa shape index (κ2) is 6.79. The predicted molar refractivity (Wildman–Crippen MR) is 104 cm³/mol. The van der Waals surface area contributed by atoms with Crippen LogP contribution in [0.1, 0.15) is 26.3 Å². The summed E-state index contributed by atoms with van der Waals surface area (Å²) < 4.78 is 28.6. The van der Waals surface area contributed by atoms with Crippen molar-refractivity contribution in [2.75, 3.05) is 0 Å². The van der Waals surface area contributed by atoms with E-state index in [1.54, 1.807) is 27.0 Å². The molecule has 0 radical (unpaired) electrons. The molecule has 2 aromatic heterocycles. The predicted octanol–water partition coefficient (Wildman–Crippen LogP) is 2.61. The Bertz CT molecular complexity index is 1120. The van der Waals surface area contributed by atoms with Crippen LogP contribution < -0.4 is 10.3 Å². The van der Waals surface area contributed by atoms with Crippen LogP contribution in [0.4, 0.5) is 0 Å². The minimum absolute atomic E-state index is 0.0416. The van der Waals surface area contributed by atoms with Gasteiger partial charge in [0.15, 0.2) is 5.82 Å². The van der Waals surface area contributed by atoms with Gasteiger partial charge in [-0.1, -0.05) is 24.3 Å². The van der Waals surface area contributed by atoms with Crippen LogP contribution in [0.3, 0.4) is 0 Å². The van der Waals surface area contributed by atoms with E-state index in [2.05, 4.69) is 14.8 Å². The zero-order valence-electron chi connectivity index (χ0n) is 15.6. The number of benzene rings is 1. The van der Waals surface area contributed by atoms with Crippen molar-refractivity contribution in [1.82, 2.24) is 19.5 Å². The van der Waals surface area contributed by atoms with E-state index in [0.717, 1.165) is 11.1 Å². The van der Waals surface area contributed by atoms with Gasteiger partial charge in [-0.3, -0.25) is 9.89 Å². The molecule has 1 aromatic carbocycles. The van der Waals surface area contributed by atoms with Crippen molar-refractivity contribution >= 4 is 10.0 Å². The maximum Gasteiger partial charge on any atom is 0.280 e. The van der Waals surface area contributed by atoms with Crippen LogP contribution in [0.5, 0.6) is 0 Å². The normalized spacial score (nSPS) is 12.3. The first-order chi connectivity index (χ1) is 12.6. The van der Waals surface area contributed by atoms with Crippen molar-refractivity contribution < 1.29 is 8.42 Å². The fourth-order valence-electron chi connectivity index (χ4n) is 2.73. The molecule has 2 heterocycles. The molecular formula is C19H22N4O3S. The lowest BCUT2D eigenvalue weighted by Gasteiger charge is -2.20. The van der Waals surface area contributed by atoms with E-state index in [-0.39, 0.29) is 10.5 Å². The first-order valence-corrected chi connectivity index (χ1v) is 9.94. The number of aryl methyl sites for hydroxylation is 1. The van der Waals surface area contributed by atoms with Gasteiger partial charge in [-0.05, 0) is 51.0 Å². The molecule has 0 saturated heterocycles. The van der Waals surface area contributed by atoms with Crippen molar-refractivity contribution in [3.8, 4) is 16.9 Å². The van der Waals surface area contributed by atoms with Crippen LogP contribution >= 0.6 is 0 Å². The summed E-state index contributed by atoms with van der Waals surface area (Å²) in [6.45, 7) is 7.22. The van der Waals surface area contributed by atoms with Crippen LogP contribution in [-0.4, -0.2) is 28.7 Å². The third-order valence-electron chi connectivity index (χ3n) is 3.91. The van der Waals surface area contributed by atoms with Gasteiger partial charge >= 0.3 is 0 Å². The van der Waals surface area contributed by atoms with Crippen LogP contribution in [0, 0.1) is 6.92 Å². The Morgan fingerprint density at radius 1 is 1.07 bits per heavy atom. The van der Waals surface area contributed by atoms with E-state index < -0.39 is 15.6 Å². The molecule has 0 unspecified atom stereocenters. The first kappa shape index (κ1) is 19.1. The molecule has 8 heteroatoms. The summed E-state index contributed by atoms with van der Waals surface area (Å²) in [4.78, 5) is 16.9. The number of rotatable bonds is 4. The summed E-state index contributed by atoms with van der Waals surface area (Å²) >= 11 is 0. The van der Waals surface area contributed by atoms with E-state index in [1.165, 1.54) is 23.0 Å². The molecule has 142 valence electrons. The summed E-state index contributed by atoms with van der Waals surface area (Å²) in [6.07, 6.45) is 2.86. The Morgan fingerprint density at radius 3 is 2.37 bits per heavy atom. The zero-order chi connectivity index (χ0) is 19.8. The average molecular weight is 386 g/mol. The molecule has 0 bridgehead atoms. The summed E-state index contributed by atoms with van der Waals surface area (Å²) in [7, 11) is -3.68. The SMILES string of the molecule is Cc1ccccc1-c1c[nH]n(-c2ccc(S(=O)(=O)NC(C)(C)C)cn2)c1=O. The van der Waals surface area contributed by atoms with Gasteiger partial charge in [-0.2, -0.15) is 0 Å². The van der Waals surface area contributed by atoms with E-state index in [0.29, 0.717) is 11.4 Å². The van der Waals surface area contributed by atoms with E-state index in [1.807, 2.05) is 31.2 Å². The van der Waals surface area contributed by atoms with Crippen LogP contribution in [-0.2, 0) is 10.0 Å². The summed E-state index contributed by atoms with van der Waals surface area (Å²) in [5.74, 6) is 0.314. The van der Waals surface area contributed by atoms with E-state index >= 15 is 0 Å². The number of nitrogens with zero attached hydrogens (tertiary/aromatic N) is 2. The number of aromatic amines is 1. The molecule has 27 heavy (non-hydrogen) atoms. The molecule has 0 amide bonds. The Labute approximate surface area is 158 Å². The minimum atomic E-state index is -3.68. The van der Waals surface area contributed by atoms with Crippen molar-refractivity contribution in [1.29, 1.82) is 0 Å². The first-order valence-electron chi connectivity index (χ1n) is 8.45. The molecule has 3 rings (SSSR count). The second-order valence-corrected chi connectivity index (χ2v) is 9.03.